The molecular formula is C42H46N8O7. The van der Waals surface area contributed by atoms with Crippen LogP contribution in [-0.4, -0.2) is 73.9 Å². The highest BCUT2D eigenvalue weighted by Crippen LogP contribution is 2.25. The Morgan fingerprint density at radius 1 is 0.684 bits per heavy atom. The van der Waals surface area contributed by atoms with Gasteiger partial charge in [-0.05, 0) is 113 Å². The minimum Gasteiger partial charge on any atom is -0.491 e. The SMILES string of the molecule is Cc1cc(OC(C)C)cc(-c2ncn(/C=C\C(=O)O)n2)c1.Cc1cc(OC(C)C)cc(-c2ncn(/C=C\C(=O)OCc3ccccn3)n2)c1.OCc1ccccn1. The van der Waals surface area contributed by atoms with Crippen molar-refractivity contribution in [1.29, 1.82) is 0 Å². The van der Waals surface area contributed by atoms with E-state index < -0.39 is 11.9 Å². The molecule has 0 radical (unpaired) electrons. The standard InChI is InChI=1S/C21H22N4O3.C15H17N3O3.C6H7NO/c1-15(2)28-19-11-16(3)10-17(12-19)21-23-14-25(24-21)9-7-20(26)27-13-18-6-4-5-8-22-18;1-10(2)21-13-7-11(3)6-12(8-13)15-16-9-18(17-15)5-4-14(19)20;8-5-6-3-1-2-4-7-6/h4-12,14-15H,13H2,1-3H3;4-10H,1-3H3,(H,19,20);1-4,8H,5H2/b9-7-;5-4-;. The Morgan fingerprint density at radius 2 is 1.18 bits per heavy atom. The zero-order valence-corrected chi connectivity index (χ0v) is 32.6. The maximum Gasteiger partial charge on any atom is 0.332 e. The van der Waals surface area contributed by atoms with E-state index in [4.69, 9.17) is 24.4 Å². The third kappa shape index (κ3) is 15.3. The fourth-order valence-corrected chi connectivity index (χ4v) is 4.84. The lowest BCUT2D eigenvalue weighted by Gasteiger charge is -2.11. The van der Waals surface area contributed by atoms with Crippen molar-refractivity contribution in [2.75, 3.05) is 0 Å². The molecule has 15 heteroatoms. The zero-order chi connectivity index (χ0) is 41.2. The van der Waals surface area contributed by atoms with Crippen LogP contribution in [0.25, 0.3) is 35.2 Å². The van der Waals surface area contributed by atoms with Gasteiger partial charge < -0.3 is 24.4 Å². The molecule has 0 aliphatic carbocycles. The highest BCUT2D eigenvalue weighted by Gasteiger charge is 2.10. The number of aryl methyl sites for hydroxylation is 2. The fourth-order valence-electron chi connectivity index (χ4n) is 4.84. The fraction of sp³-hybridized carbons (Fsp3) is 0.238. The summed E-state index contributed by atoms with van der Waals surface area (Å²) in [6.07, 6.45) is 11.6. The van der Waals surface area contributed by atoms with Crippen LogP contribution >= 0.6 is 0 Å². The smallest absolute Gasteiger partial charge is 0.332 e. The summed E-state index contributed by atoms with van der Waals surface area (Å²) in [5, 5.41) is 25.7. The van der Waals surface area contributed by atoms with E-state index in [1.165, 1.54) is 40.5 Å². The summed E-state index contributed by atoms with van der Waals surface area (Å²) in [6, 6.07) is 22.5. The van der Waals surface area contributed by atoms with Crippen LogP contribution in [-0.2, 0) is 27.5 Å². The molecule has 0 saturated heterocycles. The van der Waals surface area contributed by atoms with Crippen LogP contribution in [0.2, 0.25) is 0 Å². The largest absolute Gasteiger partial charge is 0.491 e. The molecule has 0 unspecified atom stereocenters. The summed E-state index contributed by atoms with van der Waals surface area (Å²) in [7, 11) is 0. The molecule has 296 valence electrons. The monoisotopic (exact) mass is 774 g/mol. The van der Waals surface area contributed by atoms with Gasteiger partial charge in [-0.25, -0.2) is 28.9 Å². The molecule has 6 rings (SSSR count). The summed E-state index contributed by atoms with van der Waals surface area (Å²) < 4.78 is 19.4. The first-order valence-corrected chi connectivity index (χ1v) is 17.9. The Bertz CT molecular complexity index is 2230. The molecule has 0 amide bonds. The predicted octanol–water partition coefficient (Wildman–Crippen LogP) is 6.82. The van der Waals surface area contributed by atoms with Gasteiger partial charge in [0.25, 0.3) is 0 Å². The van der Waals surface area contributed by atoms with Crippen molar-refractivity contribution < 1.29 is 34.0 Å². The Kier molecular flexibility index (Phi) is 16.3. The lowest BCUT2D eigenvalue weighted by atomic mass is 10.1. The second-order valence-electron chi connectivity index (χ2n) is 12.9. The van der Waals surface area contributed by atoms with Crippen molar-refractivity contribution in [3.63, 3.8) is 0 Å². The van der Waals surface area contributed by atoms with Gasteiger partial charge in [0.1, 0.15) is 30.8 Å². The number of aliphatic hydroxyl groups is 1. The molecule has 15 nitrogen and oxygen atoms in total. The number of carboxylic acid groups (broad SMARTS) is 1. The highest BCUT2D eigenvalue weighted by molar-refractivity contribution is 5.85. The minimum atomic E-state index is -1.03. The molecule has 4 aromatic heterocycles. The number of carbonyl (C=O) groups excluding carboxylic acids is 1. The second kappa shape index (κ2) is 21.8. The molecule has 57 heavy (non-hydrogen) atoms. The Morgan fingerprint density at radius 3 is 1.60 bits per heavy atom. The normalized spacial score (nSPS) is 10.9. The molecule has 0 spiro atoms. The van der Waals surface area contributed by atoms with Crippen molar-refractivity contribution in [2.45, 2.75) is 67.0 Å². The molecule has 0 atom stereocenters. The zero-order valence-electron chi connectivity index (χ0n) is 32.6. The number of aliphatic carboxylic acids is 1. The molecular weight excluding hydrogens is 729 g/mol. The second-order valence-corrected chi connectivity index (χ2v) is 12.9. The van der Waals surface area contributed by atoms with Crippen LogP contribution < -0.4 is 9.47 Å². The quantitative estimate of drug-likeness (QED) is 0.0919. The molecule has 2 N–H and O–H groups in total. The van der Waals surface area contributed by atoms with Crippen molar-refractivity contribution in [3.05, 3.63) is 133 Å². The third-order valence-corrected chi connectivity index (χ3v) is 7.09. The maximum atomic E-state index is 11.8. The number of ether oxygens (including phenoxy) is 3. The first-order chi connectivity index (χ1) is 27.4. The van der Waals surface area contributed by atoms with Gasteiger partial charge in [-0.1, -0.05) is 12.1 Å². The van der Waals surface area contributed by atoms with Gasteiger partial charge >= 0.3 is 11.9 Å². The molecule has 0 saturated carbocycles. The average molecular weight is 775 g/mol. The maximum absolute atomic E-state index is 11.8. The van der Waals surface area contributed by atoms with Gasteiger partial charge in [0, 0.05) is 48.1 Å². The van der Waals surface area contributed by atoms with Crippen molar-refractivity contribution in [1.82, 2.24) is 39.5 Å². The van der Waals surface area contributed by atoms with Crippen LogP contribution in [0, 0.1) is 13.8 Å². The van der Waals surface area contributed by atoms with E-state index in [1.807, 2.05) is 96.1 Å². The first kappa shape index (κ1) is 42.7. The van der Waals surface area contributed by atoms with E-state index in [9.17, 15) is 9.59 Å². The van der Waals surface area contributed by atoms with Crippen molar-refractivity contribution in [2.24, 2.45) is 0 Å². The summed E-state index contributed by atoms with van der Waals surface area (Å²) in [5.41, 5.74) is 5.17. The Hall–Kier alpha value is -7.00. The number of benzene rings is 2. The first-order valence-electron chi connectivity index (χ1n) is 17.9. The van der Waals surface area contributed by atoms with Crippen molar-refractivity contribution in [3.8, 4) is 34.3 Å². The number of rotatable bonds is 13. The number of esters is 1. The molecule has 0 bridgehead atoms. The number of carbonyl (C=O) groups is 2. The lowest BCUT2D eigenvalue weighted by Crippen LogP contribution is -2.05. The predicted molar refractivity (Wildman–Crippen MR) is 214 cm³/mol. The topological polar surface area (TPSA) is 189 Å². The Balaban J connectivity index is 0.000000217. The van der Waals surface area contributed by atoms with Crippen molar-refractivity contribution >= 4 is 24.3 Å². The van der Waals surface area contributed by atoms with E-state index in [1.54, 1.807) is 30.6 Å². The van der Waals surface area contributed by atoms with Crippen LogP contribution in [0.15, 0.2) is 110 Å². The summed E-state index contributed by atoms with van der Waals surface area (Å²) in [5.74, 6) is 1.08. The lowest BCUT2D eigenvalue weighted by molar-refractivity contribution is -0.139. The van der Waals surface area contributed by atoms with Gasteiger partial charge in [-0.15, -0.1) is 10.2 Å². The van der Waals surface area contributed by atoms with Gasteiger partial charge in [0.15, 0.2) is 11.6 Å². The number of nitrogens with zero attached hydrogens (tertiary/aromatic N) is 8. The summed E-state index contributed by atoms with van der Waals surface area (Å²) >= 11 is 0. The molecule has 4 heterocycles. The molecule has 0 aliphatic rings. The highest BCUT2D eigenvalue weighted by atomic mass is 16.5. The summed E-state index contributed by atoms with van der Waals surface area (Å²) in [4.78, 5) is 38.7. The molecule has 0 aliphatic heterocycles. The van der Waals surface area contributed by atoms with Gasteiger partial charge in [0.2, 0.25) is 0 Å². The van der Waals surface area contributed by atoms with E-state index in [2.05, 4.69) is 30.1 Å². The van der Waals surface area contributed by atoms with Gasteiger partial charge in [-0.3, -0.25) is 9.97 Å². The minimum absolute atomic E-state index is 0.0286. The van der Waals surface area contributed by atoms with E-state index in [0.29, 0.717) is 23.0 Å². The molecule has 0 fully saturated rings. The van der Waals surface area contributed by atoms with Gasteiger partial charge in [0.05, 0.1) is 30.2 Å². The number of hydrogen-bond donors (Lipinski definition) is 2. The number of aromatic nitrogens is 8. The van der Waals surface area contributed by atoms with Crippen LogP contribution in [0.1, 0.15) is 50.2 Å². The van der Waals surface area contributed by atoms with Gasteiger partial charge in [-0.2, -0.15) is 0 Å². The van der Waals surface area contributed by atoms with Crippen LogP contribution in [0.5, 0.6) is 11.5 Å². The van der Waals surface area contributed by atoms with E-state index in [0.717, 1.165) is 39.8 Å². The number of hydrogen-bond acceptors (Lipinski definition) is 12. The number of carboxylic acids is 1. The van der Waals surface area contributed by atoms with Crippen LogP contribution in [0.3, 0.4) is 0 Å². The van der Waals surface area contributed by atoms with Crippen LogP contribution in [0.4, 0.5) is 0 Å². The Labute approximate surface area is 331 Å². The van der Waals surface area contributed by atoms with E-state index >= 15 is 0 Å². The number of pyridine rings is 2. The number of aliphatic hydroxyl groups excluding tert-OH is 1. The summed E-state index contributed by atoms with van der Waals surface area (Å²) in [6.45, 7) is 12.0. The average Bonchev–Trinajstić information content (AvgIpc) is 3.86. The third-order valence-electron chi connectivity index (χ3n) is 7.09. The van der Waals surface area contributed by atoms with E-state index in [-0.39, 0.29) is 25.4 Å². The molecule has 6 aromatic rings. The molecule has 2 aromatic carbocycles.